The highest BCUT2D eigenvalue weighted by Gasteiger charge is 2.21. The fourth-order valence-corrected chi connectivity index (χ4v) is 4.62. The molecule has 0 saturated carbocycles. The first-order valence-corrected chi connectivity index (χ1v) is 12.6. The summed E-state index contributed by atoms with van der Waals surface area (Å²) < 4.78 is 29.0. The second kappa shape index (κ2) is 11.0. The van der Waals surface area contributed by atoms with Crippen molar-refractivity contribution in [2.24, 2.45) is 0 Å². The van der Waals surface area contributed by atoms with Crippen LogP contribution in [-0.2, 0) is 0 Å². The van der Waals surface area contributed by atoms with Crippen LogP contribution >= 0.6 is 11.6 Å². The number of hydrogen-bond acceptors (Lipinski definition) is 8. The van der Waals surface area contributed by atoms with Crippen LogP contribution in [0.1, 0.15) is 22.9 Å². The fourth-order valence-electron chi connectivity index (χ4n) is 4.35. The van der Waals surface area contributed by atoms with Crippen LogP contribution in [0.2, 0.25) is 5.02 Å². The van der Waals surface area contributed by atoms with E-state index in [1.807, 2.05) is 48.7 Å². The van der Waals surface area contributed by atoms with Crippen molar-refractivity contribution in [3.63, 3.8) is 0 Å². The zero-order chi connectivity index (χ0) is 28.3. The van der Waals surface area contributed by atoms with Gasteiger partial charge in [-0.15, -0.1) is 5.10 Å². The molecule has 2 aromatic carbocycles. The molecule has 200 valence electrons. The summed E-state index contributed by atoms with van der Waals surface area (Å²) in [6, 6.07) is 19.3. The van der Waals surface area contributed by atoms with E-state index in [0.29, 0.717) is 33.0 Å². The van der Waals surface area contributed by atoms with Gasteiger partial charge in [-0.3, -0.25) is 9.97 Å². The minimum absolute atomic E-state index is 0.146. The Balaban J connectivity index is 1.43. The minimum atomic E-state index is -1.23. The lowest BCUT2D eigenvalue weighted by Crippen LogP contribution is -2.13. The second-order valence-corrected chi connectivity index (χ2v) is 9.33. The molecule has 0 aliphatic carbocycles. The van der Waals surface area contributed by atoms with Crippen molar-refractivity contribution in [3.05, 3.63) is 125 Å². The van der Waals surface area contributed by atoms with Gasteiger partial charge in [0.25, 0.3) is 0 Å². The van der Waals surface area contributed by atoms with Gasteiger partial charge in [-0.25, -0.2) is 14.1 Å². The van der Waals surface area contributed by atoms with Gasteiger partial charge in [-0.1, -0.05) is 41.1 Å². The van der Waals surface area contributed by atoms with Crippen LogP contribution in [0.5, 0.6) is 0 Å². The summed E-state index contributed by atoms with van der Waals surface area (Å²) in [6.45, 7) is 0. The van der Waals surface area contributed by atoms with Crippen LogP contribution in [0.25, 0.3) is 16.6 Å². The van der Waals surface area contributed by atoms with Crippen molar-refractivity contribution < 1.29 is 8.78 Å². The largest absolute Gasteiger partial charge is 0.373 e. The first kappa shape index (κ1) is 25.8. The van der Waals surface area contributed by atoms with Crippen LogP contribution in [0.3, 0.4) is 0 Å². The first-order chi connectivity index (χ1) is 20.0. The number of pyridine rings is 3. The Morgan fingerprint density at radius 3 is 2.56 bits per heavy atom. The maximum atomic E-state index is 13.9. The third-order valence-corrected chi connectivity index (χ3v) is 6.56. The van der Waals surface area contributed by atoms with E-state index in [1.54, 1.807) is 29.2 Å². The van der Waals surface area contributed by atoms with Crippen molar-refractivity contribution in [2.45, 2.75) is 6.04 Å². The van der Waals surface area contributed by atoms with Crippen molar-refractivity contribution >= 4 is 39.6 Å². The fraction of sp³-hybridized carbons (Fsp3) is 0.0345. The highest BCUT2D eigenvalue weighted by Crippen LogP contribution is 2.36. The molecule has 1 unspecified atom stereocenters. The summed E-state index contributed by atoms with van der Waals surface area (Å²) in [5.41, 5.74) is 3.90. The molecule has 0 amide bonds. The number of nitriles is 1. The molecule has 0 saturated heterocycles. The van der Waals surface area contributed by atoms with Gasteiger partial charge < -0.3 is 10.6 Å². The molecule has 4 aromatic heterocycles. The zero-order valence-corrected chi connectivity index (χ0v) is 21.8. The predicted octanol–water partition coefficient (Wildman–Crippen LogP) is 6.35. The minimum Gasteiger partial charge on any atom is -0.373 e. The number of aromatic nitrogens is 6. The number of anilines is 3. The van der Waals surface area contributed by atoms with E-state index in [2.05, 4.69) is 42.0 Å². The van der Waals surface area contributed by atoms with Crippen molar-refractivity contribution in [1.29, 1.82) is 5.26 Å². The molecular formula is C29H18ClF2N9. The monoisotopic (exact) mass is 565 g/mol. The summed E-state index contributed by atoms with van der Waals surface area (Å²) >= 11 is 6.66. The number of benzene rings is 2. The molecule has 0 aliphatic rings. The molecule has 2 N–H and O–H groups in total. The SMILES string of the molecule is N#Cc1cnc2c(Cl)cc(NC(c3cccnc3)c3cn(-c4ccccc4)nn3)cc2c1Nc1cnc(F)c(F)c1. The van der Waals surface area contributed by atoms with Crippen LogP contribution < -0.4 is 10.6 Å². The summed E-state index contributed by atoms with van der Waals surface area (Å²) in [4.78, 5) is 12.0. The average molecular weight is 566 g/mol. The van der Waals surface area contributed by atoms with Gasteiger partial charge in [0.15, 0.2) is 5.82 Å². The Bertz CT molecular complexity index is 1910. The molecule has 6 aromatic rings. The number of rotatable bonds is 7. The van der Waals surface area contributed by atoms with Crippen LogP contribution in [0.15, 0.2) is 91.6 Å². The third-order valence-electron chi connectivity index (χ3n) is 6.27. The second-order valence-electron chi connectivity index (χ2n) is 8.92. The Kier molecular flexibility index (Phi) is 6.89. The molecule has 1 atom stereocenters. The van der Waals surface area contributed by atoms with E-state index < -0.39 is 17.8 Å². The number of halogens is 3. The molecular weight excluding hydrogens is 548 g/mol. The smallest absolute Gasteiger partial charge is 0.249 e. The summed E-state index contributed by atoms with van der Waals surface area (Å²) in [6.07, 6.45) is 7.71. The molecule has 0 spiro atoms. The Labute approximate surface area is 237 Å². The molecule has 0 fully saturated rings. The Hall–Kier alpha value is -5.47. The van der Waals surface area contributed by atoms with Gasteiger partial charge >= 0.3 is 0 Å². The van der Waals surface area contributed by atoms with Crippen LogP contribution in [-0.4, -0.2) is 29.9 Å². The van der Waals surface area contributed by atoms with Gasteiger partial charge in [-0.2, -0.15) is 9.65 Å². The molecule has 4 heterocycles. The average Bonchev–Trinajstić information content (AvgIpc) is 3.49. The lowest BCUT2D eigenvalue weighted by atomic mass is 10.0. The van der Waals surface area contributed by atoms with Gasteiger partial charge in [0.2, 0.25) is 5.95 Å². The molecule has 9 nitrogen and oxygen atoms in total. The van der Waals surface area contributed by atoms with Gasteiger partial charge in [0, 0.05) is 35.7 Å². The molecule has 0 radical (unpaired) electrons. The maximum absolute atomic E-state index is 13.9. The molecule has 12 heteroatoms. The molecule has 0 aliphatic heterocycles. The van der Waals surface area contributed by atoms with E-state index in [9.17, 15) is 14.0 Å². The number of nitrogens with one attached hydrogen (secondary N) is 2. The van der Waals surface area contributed by atoms with E-state index >= 15 is 0 Å². The highest BCUT2D eigenvalue weighted by atomic mass is 35.5. The topological polar surface area (TPSA) is 117 Å². The van der Waals surface area contributed by atoms with E-state index in [0.717, 1.165) is 23.5 Å². The van der Waals surface area contributed by atoms with Gasteiger partial charge in [-0.05, 0) is 35.9 Å². The van der Waals surface area contributed by atoms with Crippen molar-refractivity contribution in [2.75, 3.05) is 10.6 Å². The first-order valence-electron chi connectivity index (χ1n) is 12.2. The standard InChI is InChI=1S/C29H18ClF2N9/c30-23-10-19(9-22-26(18(12-33)14-35-28(22)23)38-20-11-24(31)29(32)36-15-20)37-27(17-5-4-8-34-13-17)25-16-41(40-39-25)21-6-2-1-3-7-21/h1-11,13-16,27,37H,(H,35,38). The highest BCUT2D eigenvalue weighted by molar-refractivity contribution is 6.36. The summed E-state index contributed by atoms with van der Waals surface area (Å²) in [5.74, 6) is -2.36. The number of nitrogens with zero attached hydrogens (tertiary/aromatic N) is 7. The quantitative estimate of drug-likeness (QED) is 0.215. The number of para-hydroxylation sites is 1. The Morgan fingerprint density at radius 2 is 1.80 bits per heavy atom. The van der Waals surface area contributed by atoms with Crippen LogP contribution in [0, 0.1) is 23.1 Å². The predicted molar refractivity (Wildman–Crippen MR) is 150 cm³/mol. The number of fused-ring (bicyclic) bond motifs is 1. The zero-order valence-electron chi connectivity index (χ0n) is 21.0. The summed E-state index contributed by atoms with van der Waals surface area (Å²) in [5, 5.41) is 25.7. The Morgan fingerprint density at radius 1 is 0.951 bits per heavy atom. The molecule has 6 rings (SSSR count). The lowest BCUT2D eigenvalue weighted by Gasteiger charge is -2.19. The van der Waals surface area contributed by atoms with E-state index in [-0.39, 0.29) is 11.3 Å². The van der Waals surface area contributed by atoms with Crippen LogP contribution in [0.4, 0.5) is 25.8 Å². The molecule has 41 heavy (non-hydrogen) atoms. The van der Waals surface area contributed by atoms with E-state index in [1.165, 1.54) is 6.20 Å². The molecule has 0 bridgehead atoms. The van der Waals surface area contributed by atoms with Crippen molar-refractivity contribution in [1.82, 2.24) is 29.9 Å². The normalized spacial score (nSPS) is 11.7. The van der Waals surface area contributed by atoms with Gasteiger partial charge in [0.05, 0.1) is 51.6 Å². The lowest BCUT2D eigenvalue weighted by molar-refractivity contribution is 0.480. The number of hydrogen-bond donors (Lipinski definition) is 2. The van der Waals surface area contributed by atoms with Crippen molar-refractivity contribution in [3.8, 4) is 11.8 Å². The van der Waals surface area contributed by atoms with Gasteiger partial charge in [0.1, 0.15) is 11.8 Å². The van der Waals surface area contributed by atoms with E-state index in [4.69, 9.17) is 11.6 Å². The third kappa shape index (κ3) is 5.24. The summed E-state index contributed by atoms with van der Waals surface area (Å²) in [7, 11) is 0. The maximum Gasteiger partial charge on any atom is 0.249 e.